The third-order valence-electron chi connectivity index (χ3n) is 4.23. The van der Waals surface area contributed by atoms with Crippen LogP contribution in [0.15, 0.2) is 0 Å². The number of aliphatic hydroxyl groups is 1. The van der Waals surface area contributed by atoms with Crippen LogP contribution in [0.25, 0.3) is 0 Å². The van der Waals surface area contributed by atoms with Crippen molar-refractivity contribution in [1.82, 2.24) is 5.32 Å². The summed E-state index contributed by atoms with van der Waals surface area (Å²) in [5.41, 5.74) is 5.92. The molecule has 0 radical (unpaired) electrons. The van der Waals surface area contributed by atoms with E-state index < -0.39 is 30.1 Å². The van der Waals surface area contributed by atoms with Gasteiger partial charge in [0.2, 0.25) is 0 Å². The highest BCUT2D eigenvalue weighted by Gasteiger charge is 2.30. The Bertz CT molecular complexity index is 359. The predicted molar refractivity (Wildman–Crippen MR) is 86.8 cm³/mol. The van der Waals surface area contributed by atoms with Gasteiger partial charge in [0.05, 0.1) is 0 Å². The standard InChI is InChI=1S/C15H28N2O4.ClH/c1-9(2)12(15(20)21)17-14(19)13(18)11(16)8-10-6-4-3-5-7-10;/h9-13,18H,3-8,16H2,1-2H3,(H,17,19)(H,20,21);1H. The van der Waals surface area contributed by atoms with Gasteiger partial charge in [-0.1, -0.05) is 46.0 Å². The first kappa shape index (κ1) is 21.1. The number of halogens is 1. The zero-order chi connectivity index (χ0) is 16.0. The molecule has 7 heteroatoms. The second-order valence-corrected chi connectivity index (χ2v) is 6.42. The lowest BCUT2D eigenvalue weighted by Crippen LogP contribution is -2.53. The molecule has 1 saturated carbocycles. The van der Waals surface area contributed by atoms with Gasteiger partial charge < -0.3 is 21.3 Å². The van der Waals surface area contributed by atoms with E-state index in [1.54, 1.807) is 13.8 Å². The molecule has 0 saturated heterocycles. The summed E-state index contributed by atoms with van der Waals surface area (Å²) in [5, 5.41) is 21.4. The normalized spacial score (nSPS) is 19.9. The molecule has 1 rings (SSSR count). The van der Waals surface area contributed by atoms with E-state index in [9.17, 15) is 14.7 Å². The second-order valence-electron chi connectivity index (χ2n) is 6.42. The Balaban J connectivity index is 0.00000441. The number of carboxylic acids is 1. The van der Waals surface area contributed by atoms with Crippen molar-refractivity contribution in [1.29, 1.82) is 0 Å². The maximum Gasteiger partial charge on any atom is 0.326 e. The van der Waals surface area contributed by atoms with Gasteiger partial charge >= 0.3 is 5.97 Å². The minimum Gasteiger partial charge on any atom is -0.480 e. The molecule has 5 N–H and O–H groups in total. The number of hydrogen-bond donors (Lipinski definition) is 4. The summed E-state index contributed by atoms with van der Waals surface area (Å²) in [4.78, 5) is 23.0. The lowest BCUT2D eigenvalue weighted by Gasteiger charge is -2.27. The lowest BCUT2D eigenvalue weighted by atomic mass is 9.84. The Morgan fingerprint density at radius 2 is 1.77 bits per heavy atom. The first-order valence-electron chi connectivity index (χ1n) is 7.79. The number of rotatable bonds is 7. The molecule has 3 atom stereocenters. The molecule has 1 amide bonds. The van der Waals surface area contributed by atoms with Gasteiger partial charge in [-0.3, -0.25) is 4.79 Å². The second kappa shape index (κ2) is 10.0. The summed E-state index contributed by atoms with van der Waals surface area (Å²) >= 11 is 0. The summed E-state index contributed by atoms with van der Waals surface area (Å²) in [6, 6.07) is -1.65. The summed E-state index contributed by atoms with van der Waals surface area (Å²) < 4.78 is 0. The van der Waals surface area contributed by atoms with Crippen molar-refractivity contribution < 1.29 is 19.8 Å². The maximum absolute atomic E-state index is 11.9. The average molecular weight is 337 g/mol. The minimum absolute atomic E-state index is 0. The van der Waals surface area contributed by atoms with Crippen molar-refractivity contribution in [3.05, 3.63) is 0 Å². The van der Waals surface area contributed by atoms with Crippen LogP contribution >= 0.6 is 12.4 Å². The maximum atomic E-state index is 11.9. The van der Waals surface area contributed by atoms with E-state index >= 15 is 0 Å². The van der Waals surface area contributed by atoms with E-state index in [0.29, 0.717) is 12.3 Å². The fraction of sp³-hybridized carbons (Fsp3) is 0.867. The van der Waals surface area contributed by atoms with E-state index in [1.165, 1.54) is 19.3 Å². The summed E-state index contributed by atoms with van der Waals surface area (Å²) in [7, 11) is 0. The number of amides is 1. The van der Waals surface area contributed by atoms with Gasteiger partial charge in [-0.05, 0) is 18.3 Å². The topological polar surface area (TPSA) is 113 Å². The highest BCUT2D eigenvalue weighted by atomic mass is 35.5. The number of carbonyl (C=O) groups excluding carboxylic acids is 1. The predicted octanol–water partition coefficient (Wildman–Crippen LogP) is 1.29. The molecule has 0 heterocycles. The average Bonchev–Trinajstić information content (AvgIpc) is 2.43. The van der Waals surface area contributed by atoms with Gasteiger partial charge in [0.15, 0.2) is 0 Å². The highest BCUT2D eigenvalue weighted by molar-refractivity contribution is 5.86. The Labute approximate surface area is 138 Å². The monoisotopic (exact) mass is 336 g/mol. The molecule has 0 aromatic heterocycles. The smallest absolute Gasteiger partial charge is 0.326 e. The molecule has 0 aliphatic heterocycles. The lowest BCUT2D eigenvalue weighted by molar-refractivity contribution is -0.145. The van der Waals surface area contributed by atoms with Crippen LogP contribution in [0.2, 0.25) is 0 Å². The van der Waals surface area contributed by atoms with Crippen LogP contribution in [-0.4, -0.2) is 40.3 Å². The highest BCUT2D eigenvalue weighted by Crippen LogP contribution is 2.27. The number of hydrogen-bond acceptors (Lipinski definition) is 4. The molecule has 0 spiro atoms. The molecule has 6 nitrogen and oxygen atoms in total. The molecule has 1 fully saturated rings. The van der Waals surface area contributed by atoms with Crippen LogP contribution in [0.3, 0.4) is 0 Å². The van der Waals surface area contributed by atoms with Gasteiger partial charge in [0.1, 0.15) is 12.1 Å². The van der Waals surface area contributed by atoms with E-state index in [2.05, 4.69) is 5.32 Å². The van der Waals surface area contributed by atoms with Gasteiger partial charge in [0.25, 0.3) is 5.91 Å². The minimum atomic E-state index is -1.35. The molecule has 3 unspecified atom stereocenters. The Kier molecular flexibility index (Phi) is 9.64. The molecule has 0 bridgehead atoms. The van der Waals surface area contributed by atoms with Crippen LogP contribution in [0.4, 0.5) is 0 Å². The third-order valence-corrected chi connectivity index (χ3v) is 4.23. The van der Waals surface area contributed by atoms with Crippen LogP contribution in [0, 0.1) is 11.8 Å². The Morgan fingerprint density at radius 3 is 2.23 bits per heavy atom. The number of aliphatic carboxylic acids is 1. The Morgan fingerprint density at radius 1 is 1.23 bits per heavy atom. The van der Waals surface area contributed by atoms with E-state index in [1.807, 2.05) is 0 Å². The van der Waals surface area contributed by atoms with Gasteiger partial charge in [0, 0.05) is 6.04 Å². The van der Waals surface area contributed by atoms with Gasteiger partial charge in [-0.25, -0.2) is 4.79 Å². The summed E-state index contributed by atoms with van der Waals surface area (Å²) in [6.45, 7) is 3.40. The quantitative estimate of drug-likeness (QED) is 0.559. The van der Waals surface area contributed by atoms with Crippen molar-refractivity contribution in [2.24, 2.45) is 17.6 Å². The number of nitrogens with two attached hydrogens (primary N) is 1. The van der Waals surface area contributed by atoms with E-state index in [4.69, 9.17) is 10.8 Å². The fourth-order valence-corrected chi connectivity index (χ4v) is 2.88. The zero-order valence-electron chi connectivity index (χ0n) is 13.3. The molecule has 1 aliphatic rings. The van der Waals surface area contributed by atoms with Crippen LogP contribution in [0.5, 0.6) is 0 Å². The van der Waals surface area contributed by atoms with Crippen molar-refractivity contribution >= 4 is 24.3 Å². The largest absolute Gasteiger partial charge is 0.480 e. The molecule has 1 aliphatic carbocycles. The fourth-order valence-electron chi connectivity index (χ4n) is 2.88. The van der Waals surface area contributed by atoms with Gasteiger partial charge in [-0.15, -0.1) is 12.4 Å². The molecule has 22 heavy (non-hydrogen) atoms. The summed E-state index contributed by atoms with van der Waals surface area (Å²) in [6.07, 6.45) is 5.02. The van der Waals surface area contributed by atoms with Crippen molar-refractivity contribution in [3.8, 4) is 0 Å². The number of carbonyl (C=O) groups is 2. The first-order chi connectivity index (χ1) is 9.82. The molecular weight excluding hydrogens is 308 g/mol. The van der Waals surface area contributed by atoms with Crippen LogP contribution in [0.1, 0.15) is 52.4 Å². The van der Waals surface area contributed by atoms with Crippen molar-refractivity contribution in [2.45, 2.75) is 70.6 Å². The third kappa shape index (κ3) is 6.50. The molecule has 130 valence electrons. The first-order valence-corrected chi connectivity index (χ1v) is 7.79. The SMILES string of the molecule is CC(C)C(NC(=O)C(O)C(N)CC1CCCCC1)C(=O)O.Cl. The zero-order valence-corrected chi connectivity index (χ0v) is 14.1. The van der Waals surface area contributed by atoms with E-state index in [0.717, 1.165) is 12.8 Å². The molecule has 0 aromatic rings. The van der Waals surface area contributed by atoms with Gasteiger partial charge in [-0.2, -0.15) is 0 Å². The Hall–Kier alpha value is -0.850. The summed E-state index contributed by atoms with van der Waals surface area (Å²) in [5.74, 6) is -1.60. The van der Waals surface area contributed by atoms with E-state index in [-0.39, 0.29) is 18.3 Å². The van der Waals surface area contributed by atoms with Crippen molar-refractivity contribution in [2.75, 3.05) is 0 Å². The number of nitrogens with one attached hydrogen (secondary N) is 1. The van der Waals surface area contributed by atoms with Crippen LogP contribution in [-0.2, 0) is 9.59 Å². The van der Waals surface area contributed by atoms with Crippen LogP contribution < -0.4 is 11.1 Å². The molecular formula is C15H29ClN2O4. The molecule has 0 aromatic carbocycles. The number of carboxylic acid groups (broad SMARTS) is 1. The number of aliphatic hydroxyl groups excluding tert-OH is 1. The van der Waals surface area contributed by atoms with Crippen molar-refractivity contribution in [3.63, 3.8) is 0 Å².